The molecule has 58 valence electrons. The lowest BCUT2D eigenvalue weighted by Crippen LogP contribution is -2.27. The lowest BCUT2D eigenvalue weighted by molar-refractivity contribution is -0.344. The van der Waals surface area contributed by atoms with E-state index in [1.165, 1.54) is 19.3 Å². The van der Waals surface area contributed by atoms with Crippen LogP contribution in [0.15, 0.2) is 0 Å². The van der Waals surface area contributed by atoms with Gasteiger partial charge < -0.3 is 0 Å². The molecule has 1 heterocycles. The Morgan fingerprint density at radius 3 is 3.20 bits per heavy atom. The average molecular weight is 143 g/mol. The van der Waals surface area contributed by atoms with Gasteiger partial charge in [0.1, 0.15) is 0 Å². The van der Waals surface area contributed by atoms with Crippen LogP contribution in [0.3, 0.4) is 0 Å². The van der Waals surface area contributed by atoms with Gasteiger partial charge in [0, 0.05) is 5.92 Å². The Morgan fingerprint density at radius 2 is 2.40 bits per heavy atom. The highest BCUT2D eigenvalue weighted by Gasteiger charge is 2.39. The smallest absolute Gasteiger partial charge is 0.0756 e. The number of hydroxylamine groups is 2. The first-order valence-corrected chi connectivity index (χ1v) is 3.88. The Labute approximate surface area is 60.8 Å². The van der Waals surface area contributed by atoms with Crippen LogP contribution in [0.4, 0.5) is 0 Å². The Morgan fingerprint density at radius 1 is 1.50 bits per heavy atom. The second-order valence-electron chi connectivity index (χ2n) is 3.02. The van der Waals surface area contributed by atoms with E-state index in [-0.39, 0.29) is 0 Å². The van der Waals surface area contributed by atoms with Crippen molar-refractivity contribution in [1.29, 1.82) is 0 Å². The fourth-order valence-corrected chi connectivity index (χ4v) is 1.94. The minimum absolute atomic E-state index is 0.546. The van der Waals surface area contributed by atoms with E-state index >= 15 is 0 Å². The van der Waals surface area contributed by atoms with Gasteiger partial charge >= 0.3 is 0 Å². The maximum atomic E-state index is 5.28. The number of hydrogen-bond acceptors (Lipinski definition) is 3. The van der Waals surface area contributed by atoms with E-state index in [1.807, 2.05) is 0 Å². The highest BCUT2D eigenvalue weighted by atomic mass is 17.0. The summed E-state index contributed by atoms with van der Waals surface area (Å²) in [6.07, 6.45) is 3.88. The summed E-state index contributed by atoms with van der Waals surface area (Å²) in [5.41, 5.74) is 0. The van der Waals surface area contributed by atoms with Crippen molar-refractivity contribution < 1.29 is 9.68 Å². The zero-order valence-corrected chi connectivity index (χ0v) is 6.25. The molecular formula is C7H13NO2. The van der Waals surface area contributed by atoms with E-state index in [1.54, 1.807) is 12.3 Å². The van der Waals surface area contributed by atoms with Crippen molar-refractivity contribution in [2.24, 2.45) is 5.92 Å². The second kappa shape index (κ2) is 2.49. The van der Waals surface area contributed by atoms with E-state index in [2.05, 4.69) is 0 Å². The van der Waals surface area contributed by atoms with E-state index < -0.39 is 0 Å². The van der Waals surface area contributed by atoms with Gasteiger partial charge in [0.05, 0.1) is 19.8 Å². The zero-order valence-electron chi connectivity index (χ0n) is 6.25. The fraction of sp³-hybridized carbons (Fsp3) is 1.00. The van der Waals surface area contributed by atoms with Gasteiger partial charge in [0.2, 0.25) is 0 Å². The zero-order chi connectivity index (χ0) is 6.97. The third-order valence-corrected chi connectivity index (χ3v) is 2.49. The summed E-state index contributed by atoms with van der Waals surface area (Å²) in [7, 11) is 1.67. The molecule has 1 aliphatic heterocycles. The second-order valence-corrected chi connectivity index (χ2v) is 3.02. The minimum atomic E-state index is 0.546. The summed E-state index contributed by atoms with van der Waals surface area (Å²) in [4.78, 5) is 10.3. The molecule has 2 atom stereocenters. The van der Waals surface area contributed by atoms with Gasteiger partial charge in [-0.1, -0.05) is 11.6 Å². The molecule has 10 heavy (non-hydrogen) atoms. The Balaban J connectivity index is 2.01. The van der Waals surface area contributed by atoms with Crippen LogP contribution in [-0.4, -0.2) is 25.0 Å². The molecule has 0 aromatic heterocycles. The van der Waals surface area contributed by atoms with E-state index in [4.69, 9.17) is 9.68 Å². The van der Waals surface area contributed by atoms with Crippen LogP contribution in [0, 0.1) is 5.92 Å². The topological polar surface area (TPSA) is 21.7 Å². The molecule has 0 N–H and O–H groups in total. The van der Waals surface area contributed by atoms with Gasteiger partial charge in [-0.05, 0) is 12.8 Å². The largest absolute Gasteiger partial charge is 0.277 e. The van der Waals surface area contributed by atoms with Crippen molar-refractivity contribution in [2.45, 2.75) is 25.3 Å². The van der Waals surface area contributed by atoms with Crippen LogP contribution in [0.5, 0.6) is 0 Å². The first-order chi connectivity index (χ1) is 4.92. The quantitative estimate of drug-likeness (QED) is 0.545. The molecular weight excluding hydrogens is 130 g/mol. The summed E-state index contributed by atoms with van der Waals surface area (Å²) in [5, 5.41) is 1.66. The summed E-state index contributed by atoms with van der Waals surface area (Å²) < 4.78 is 0. The molecule has 0 radical (unpaired) electrons. The highest BCUT2D eigenvalue weighted by Crippen LogP contribution is 2.35. The van der Waals surface area contributed by atoms with Gasteiger partial charge in [-0.2, -0.15) is 0 Å². The van der Waals surface area contributed by atoms with Crippen molar-refractivity contribution in [3.63, 3.8) is 0 Å². The Bertz CT molecular complexity index is 129. The molecule has 0 bridgehead atoms. The van der Waals surface area contributed by atoms with E-state index in [9.17, 15) is 0 Å². The summed E-state index contributed by atoms with van der Waals surface area (Å²) in [6.45, 7) is 0.860. The molecule has 2 rings (SSSR count). The standard InChI is InChI=1S/C7H13NO2/c1-9-8-7-4-2-3-6(7)5-10-8/h6-7H,2-5H2,1H3. The predicted octanol–water partition coefficient (Wildman–Crippen LogP) is 0.964. The maximum absolute atomic E-state index is 5.28. The van der Waals surface area contributed by atoms with E-state index in [0.717, 1.165) is 12.5 Å². The highest BCUT2D eigenvalue weighted by molar-refractivity contribution is 4.83. The number of rotatable bonds is 1. The third-order valence-electron chi connectivity index (χ3n) is 2.49. The first-order valence-electron chi connectivity index (χ1n) is 3.88. The summed E-state index contributed by atoms with van der Waals surface area (Å²) in [6, 6.07) is 0.546. The molecule has 0 spiro atoms. The third kappa shape index (κ3) is 0.856. The van der Waals surface area contributed by atoms with Gasteiger partial charge in [0.25, 0.3) is 0 Å². The molecule has 1 saturated carbocycles. The molecule has 3 nitrogen and oxygen atoms in total. The molecule has 2 fully saturated rings. The number of hydrogen-bond donors (Lipinski definition) is 0. The Hall–Kier alpha value is -0.120. The molecule has 0 aromatic rings. The molecule has 1 saturated heterocycles. The average Bonchev–Trinajstić information content (AvgIpc) is 2.44. The Kier molecular flexibility index (Phi) is 1.64. The van der Waals surface area contributed by atoms with Crippen molar-refractivity contribution in [1.82, 2.24) is 5.23 Å². The van der Waals surface area contributed by atoms with Crippen LogP contribution in [0.1, 0.15) is 19.3 Å². The van der Waals surface area contributed by atoms with Crippen molar-refractivity contribution in [2.75, 3.05) is 13.7 Å². The minimum Gasteiger partial charge on any atom is -0.277 e. The molecule has 2 aliphatic rings. The van der Waals surface area contributed by atoms with Crippen LogP contribution in [0.25, 0.3) is 0 Å². The summed E-state index contributed by atoms with van der Waals surface area (Å²) in [5.74, 6) is 0.736. The van der Waals surface area contributed by atoms with Crippen molar-refractivity contribution in [3.8, 4) is 0 Å². The SMILES string of the molecule is CON1OCC2CCCC21. The number of nitrogens with zero attached hydrogens (tertiary/aromatic N) is 1. The molecule has 2 unspecified atom stereocenters. The van der Waals surface area contributed by atoms with Crippen LogP contribution >= 0.6 is 0 Å². The monoisotopic (exact) mass is 143 g/mol. The molecule has 0 amide bonds. The predicted molar refractivity (Wildman–Crippen MR) is 35.9 cm³/mol. The fourth-order valence-electron chi connectivity index (χ4n) is 1.94. The molecule has 3 heteroatoms. The van der Waals surface area contributed by atoms with Gasteiger partial charge in [-0.15, -0.1) is 0 Å². The first kappa shape index (κ1) is 6.58. The lowest BCUT2D eigenvalue weighted by atomic mass is 10.1. The van der Waals surface area contributed by atoms with Crippen molar-refractivity contribution in [3.05, 3.63) is 0 Å². The van der Waals surface area contributed by atoms with Gasteiger partial charge in [-0.3, -0.25) is 9.68 Å². The maximum Gasteiger partial charge on any atom is 0.0756 e. The lowest BCUT2D eigenvalue weighted by Gasteiger charge is -2.17. The normalized spacial score (nSPS) is 40.5. The van der Waals surface area contributed by atoms with Gasteiger partial charge in [0.15, 0.2) is 0 Å². The van der Waals surface area contributed by atoms with Gasteiger partial charge in [-0.25, -0.2) is 0 Å². The van der Waals surface area contributed by atoms with Crippen molar-refractivity contribution >= 4 is 0 Å². The number of fused-ring (bicyclic) bond motifs is 1. The van der Waals surface area contributed by atoms with Crippen LogP contribution in [-0.2, 0) is 9.68 Å². The van der Waals surface area contributed by atoms with E-state index in [0.29, 0.717) is 6.04 Å². The van der Waals surface area contributed by atoms with Crippen LogP contribution in [0.2, 0.25) is 0 Å². The van der Waals surface area contributed by atoms with Crippen LogP contribution < -0.4 is 0 Å². The molecule has 1 aliphatic carbocycles. The molecule has 0 aromatic carbocycles. The summed E-state index contributed by atoms with van der Waals surface area (Å²) >= 11 is 0.